The summed E-state index contributed by atoms with van der Waals surface area (Å²) in [7, 11) is -1.74. The maximum Gasteiger partial charge on any atom is 0.321 e. The van der Waals surface area contributed by atoms with E-state index < -0.39 is 22.0 Å². The summed E-state index contributed by atoms with van der Waals surface area (Å²) in [6.45, 7) is 3.55. The van der Waals surface area contributed by atoms with Crippen molar-refractivity contribution >= 4 is 27.3 Å². The van der Waals surface area contributed by atoms with Crippen molar-refractivity contribution in [3.63, 3.8) is 0 Å². The zero-order valence-electron chi connectivity index (χ0n) is 12.8. The first-order valence-corrected chi connectivity index (χ1v) is 9.63. The summed E-state index contributed by atoms with van der Waals surface area (Å²) in [5, 5.41) is 11.0. The Morgan fingerprint density at radius 3 is 2.64 bits per heavy atom. The molecule has 0 bridgehead atoms. The van der Waals surface area contributed by atoms with Crippen molar-refractivity contribution in [1.29, 1.82) is 0 Å². The van der Waals surface area contributed by atoms with Gasteiger partial charge in [-0.05, 0) is 69.3 Å². The number of aliphatic carboxylic acids is 1. The van der Waals surface area contributed by atoms with Gasteiger partial charge in [-0.3, -0.25) is 4.79 Å². The highest BCUT2D eigenvalue weighted by Gasteiger charge is 2.30. The number of nitrogens with one attached hydrogen (secondary N) is 1. The lowest BCUT2D eigenvalue weighted by molar-refractivity contribution is -0.139. The van der Waals surface area contributed by atoms with E-state index in [0.29, 0.717) is 12.0 Å². The van der Waals surface area contributed by atoms with Crippen molar-refractivity contribution in [2.75, 3.05) is 20.1 Å². The average molecular weight is 346 g/mol. The molecule has 22 heavy (non-hydrogen) atoms. The van der Waals surface area contributed by atoms with E-state index in [1.165, 1.54) is 0 Å². The summed E-state index contributed by atoms with van der Waals surface area (Å²) >= 11 is 1.11. The predicted molar refractivity (Wildman–Crippen MR) is 85.6 cm³/mol. The van der Waals surface area contributed by atoms with Crippen LogP contribution in [0.25, 0.3) is 0 Å². The Bertz CT molecular complexity index is 619. The molecular weight excluding hydrogens is 324 g/mol. The van der Waals surface area contributed by atoms with E-state index in [-0.39, 0.29) is 10.1 Å². The summed E-state index contributed by atoms with van der Waals surface area (Å²) in [6.07, 6.45) is 2.15. The molecule has 8 heteroatoms. The predicted octanol–water partition coefficient (Wildman–Crippen LogP) is 1.52. The number of carboxylic acids is 1. The third-order valence-corrected chi connectivity index (χ3v) is 7.22. The molecule has 1 aliphatic heterocycles. The molecule has 0 aromatic carbocycles. The van der Waals surface area contributed by atoms with Crippen LogP contribution in [0.1, 0.15) is 24.8 Å². The molecule has 2 heterocycles. The number of hydrogen-bond donors (Lipinski definition) is 2. The lowest BCUT2D eigenvalue weighted by Gasteiger charge is -2.30. The van der Waals surface area contributed by atoms with Crippen LogP contribution in [-0.4, -0.2) is 50.6 Å². The van der Waals surface area contributed by atoms with Gasteiger partial charge in [-0.2, -0.15) is 4.72 Å². The first-order chi connectivity index (χ1) is 10.3. The summed E-state index contributed by atoms with van der Waals surface area (Å²) in [6, 6.07) is 0.645. The van der Waals surface area contributed by atoms with Gasteiger partial charge in [0.1, 0.15) is 10.3 Å². The Kier molecular flexibility index (Phi) is 5.60. The highest BCUT2D eigenvalue weighted by atomic mass is 32.2. The van der Waals surface area contributed by atoms with E-state index in [2.05, 4.69) is 9.62 Å². The first kappa shape index (κ1) is 17.4. The van der Waals surface area contributed by atoms with Crippen molar-refractivity contribution in [2.45, 2.75) is 36.4 Å². The third kappa shape index (κ3) is 4.28. The van der Waals surface area contributed by atoms with E-state index in [9.17, 15) is 18.3 Å². The first-order valence-electron chi connectivity index (χ1n) is 7.27. The van der Waals surface area contributed by atoms with Crippen LogP contribution in [0.5, 0.6) is 0 Å². The Morgan fingerprint density at radius 2 is 2.14 bits per heavy atom. The molecule has 0 radical (unpaired) electrons. The molecule has 2 N–H and O–H groups in total. The van der Waals surface area contributed by atoms with Crippen LogP contribution in [0, 0.1) is 12.8 Å². The number of piperidine rings is 1. The van der Waals surface area contributed by atoms with Gasteiger partial charge in [0.25, 0.3) is 10.0 Å². The van der Waals surface area contributed by atoms with Crippen LogP contribution in [0.2, 0.25) is 0 Å². The number of aryl methyl sites for hydroxylation is 1. The minimum absolute atomic E-state index is 0.196. The highest BCUT2D eigenvalue weighted by molar-refractivity contribution is 7.91. The number of nitrogens with zero attached hydrogens (tertiary/aromatic N) is 1. The van der Waals surface area contributed by atoms with Crippen LogP contribution in [0.15, 0.2) is 15.7 Å². The lowest BCUT2D eigenvalue weighted by atomic mass is 9.91. The Morgan fingerprint density at radius 1 is 1.50 bits per heavy atom. The van der Waals surface area contributed by atoms with E-state index in [1.807, 2.05) is 7.05 Å². The van der Waals surface area contributed by atoms with Crippen molar-refractivity contribution in [3.8, 4) is 0 Å². The SMILES string of the molecule is Cc1ccsc1S(=O)(=O)NC(CC1CCN(C)CC1)C(=O)O. The molecule has 124 valence electrons. The van der Waals surface area contributed by atoms with Crippen LogP contribution < -0.4 is 4.72 Å². The van der Waals surface area contributed by atoms with Crippen LogP contribution in [-0.2, 0) is 14.8 Å². The molecule has 1 aromatic rings. The number of sulfonamides is 1. The number of carbonyl (C=O) groups is 1. The van der Waals surface area contributed by atoms with Gasteiger partial charge >= 0.3 is 5.97 Å². The minimum Gasteiger partial charge on any atom is -0.480 e. The van der Waals surface area contributed by atoms with Gasteiger partial charge in [0.15, 0.2) is 0 Å². The van der Waals surface area contributed by atoms with Gasteiger partial charge in [0.05, 0.1) is 0 Å². The topological polar surface area (TPSA) is 86.7 Å². The molecule has 1 atom stereocenters. The van der Waals surface area contributed by atoms with Crippen molar-refractivity contribution in [1.82, 2.24) is 9.62 Å². The second kappa shape index (κ2) is 7.08. The van der Waals surface area contributed by atoms with E-state index in [0.717, 1.165) is 37.3 Å². The maximum atomic E-state index is 12.4. The van der Waals surface area contributed by atoms with Crippen molar-refractivity contribution < 1.29 is 18.3 Å². The smallest absolute Gasteiger partial charge is 0.321 e. The van der Waals surface area contributed by atoms with Gasteiger partial charge in [-0.1, -0.05) is 0 Å². The Labute approximate surface area is 135 Å². The summed E-state index contributed by atoms with van der Waals surface area (Å²) in [4.78, 5) is 13.6. The molecule has 1 saturated heterocycles. The molecule has 1 unspecified atom stereocenters. The Hall–Kier alpha value is -0.960. The minimum atomic E-state index is -3.78. The Balaban J connectivity index is 2.06. The number of carboxylic acid groups (broad SMARTS) is 1. The zero-order valence-corrected chi connectivity index (χ0v) is 14.4. The summed E-state index contributed by atoms with van der Waals surface area (Å²) in [5.41, 5.74) is 0.640. The number of rotatable bonds is 6. The standard InChI is InChI=1S/C14H22N2O4S2/c1-10-5-8-21-14(10)22(19,20)15-12(13(17)18)9-11-3-6-16(2)7-4-11/h5,8,11-12,15H,3-4,6-7,9H2,1-2H3,(H,17,18). The van der Waals surface area contributed by atoms with E-state index in [1.54, 1.807) is 18.4 Å². The summed E-state index contributed by atoms with van der Waals surface area (Å²) < 4.78 is 27.3. The summed E-state index contributed by atoms with van der Waals surface area (Å²) in [5.74, 6) is -0.874. The fourth-order valence-electron chi connectivity index (χ4n) is 2.71. The van der Waals surface area contributed by atoms with Crippen LogP contribution >= 0.6 is 11.3 Å². The molecule has 0 aliphatic carbocycles. The van der Waals surface area contributed by atoms with Gasteiger partial charge in [0, 0.05) is 0 Å². The molecule has 0 amide bonds. The molecule has 6 nitrogen and oxygen atoms in total. The fourth-order valence-corrected chi connectivity index (χ4v) is 5.34. The number of thiophene rings is 1. The quantitative estimate of drug-likeness (QED) is 0.815. The zero-order chi connectivity index (χ0) is 16.3. The second-order valence-corrected chi connectivity index (χ2v) is 8.71. The van der Waals surface area contributed by atoms with Gasteiger partial charge in [0.2, 0.25) is 0 Å². The number of hydrogen-bond acceptors (Lipinski definition) is 5. The highest BCUT2D eigenvalue weighted by Crippen LogP contribution is 2.25. The van der Waals surface area contributed by atoms with Crippen molar-refractivity contribution in [2.24, 2.45) is 5.92 Å². The monoisotopic (exact) mass is 346 g/mol. The molecule has 0 saturated carbocycles. The lowest BCUT2D eigenvalue weighted by Crippen LogP contribution is -2.43. The van der Waals surface area contributed by atoms with Crippen LogP contribution in [0.3, 0.4) is 0 Å². The van der Waals surface area contributed by atoms with Gasteiger partial charge < -0.3 is 10.0 Å². The van der Waals surface area contributed by atoms with E-state index >= 15 is 0 Å². The largest absolute Gasteiger partial charge is 0.480 e. The van der Waals surface area contributed by atoms with Gasteiger partial charge in [-0.15, -0.1) is 11.3 Å². The molecule has 1 aromatic heterocycles. The maximum absolute atomic E-state index is 12.4. The van der Waals surface area contributed by atoms with E-state index in [4.69, 9.17) is 0 Å². The number of likely N-dealkylation sites (tertiary alicyclic amines) is 1. The molecule has 1 fully saturated rings. The third-order valence-electron chi connectivity index (χ3n) is 4.06. The second-order valence-electron chi connectivity index (χ2n) is 5.89. The van der Waals surface area contributed by atoms with Gasteiger partial charge in [-0.25, -0.2) is 8.42 Å². The molecule has 1 aliphatic rings. The fraction of sp³-hybridized carbons (Fsp3) is 0.643. The molecule has 0 spiro atoms. The molecular formula is C14H22N2O4S2. The molecule has 2 rings (SSSR count). The normalized spacial score (nSPS) is 19.2. The van der Waals surface area contributed by atoms with Crippen molar-refractivity contribution in [3.05, 3.63) is 17.0 Å². The average Bonchev–Trinajstić information content (AvgIpc) is 2.87. The van der Waals surface area contributed by atoms with Crippen LogP contribution in [0.4, 0.5) is 0 Å².